The second-order valence-electron chi connectivity index (χ2n) is 4.60. The molecule has 1 saturated carbocycles. The molecule has 0 heterocycles. The van der Waals surface area contributed by atoms with Crippen LogP contribution in [0.4, 0.5) is 4.39 Å². The molecule has 2 rings (SSSR count). The van der Waals surface area contributed by atoms with Crippen LogP contribution in [-0.4, -0.2) is 30.1 Å². The summed E-state index contributed by atoms with van der Waals surface area (Å²) in [5.41, 5.74) is -0.786. The van der Waals surface area contributed by atoms with Crippen molar-refractivity contribution in [3.63, 3.8) is 0 Å². The zero-order valence-electron chi connectivity index (χ0n) is 10.2. The van der Waals surface area contributed by atoms with E-state index in [9.17, 15) is 14.0 Å². The van der Waals surface area contributed by atoms with Crippen LogP contribution in [0.15, 0.2) is 24.3 Å². The Balaban J connectivity index is 1.73. The predicted octanol–water partition coefficient (Wildman–Crippen LogP) is 1.19. The van der Waals surface area contributed by atoms with Crippen LogP contribution in [-0.2, 0) is 9.59 Å². The maximum Gasteiger partial charge on any atom is 0.311 e. The largest absolute Gasteiger partial charge is 0.484 e. The van der Waals surface area contributed by atoms with Crippen molar-refractivity contribution in [2.75, 3.05) is 13.2 Å². The SMILES string of the molecule is O=C(COc1ccc(F)cc1)NCC1(C(=O)O)CC1. The molecule has 1 aliphatic carbocycles. The molecule has 6 heteroatoms. The van der Waals surface area contributed by atoms with Gasteiger partial charge in [-0.1, -0.05) is 0 Å². The Morgan fingerprint density at radius 3 is 2.47 bits per heavy atom. The van der Waals surface area contributed by atoms with Crippen molar-refractivity contribution >= 4 is 11.9 Å². The number of aliphatic carboxylic acids is 1. The van der Waals surface area contributed by atoms with Crippen molar-refractivity contribution in [1.29, 1.82) is 0 Å². The Labute approximate surface area is 109 Å². The summed E-state index contributed by atoms with van der Waals surface area (Å²) in [6, 6.07) is 5.30. The Morgan fingerprint density at radius 2 is 1.95 bits per heavy atom. The first-order valence-electron chi connectivity index (χ1n) is 5.90. The average Bonchev–Trinajstić information content (AvgIpc) is 3.17. The number of nitrogens with one attached hydrogen (secondary N) is 1. The molecular formula is C13H14FNO4. The van der Waals surface area contributed by atoms with Crippen LogP contribution in [0.3, 0.4) is 0 Å². The molecule has 1 aromatic rings. The molecule has 5 nitrogen and oxygen atoms in total. The fourth-order valence-corrected chi connectivity index (χ4v) is 1.62. The number of amides is 1. The minimum Gasteiger partial charge on any atom is -0.484 e. The highest BCUT2D eigenvalue weighted by atomic mass is 19.1. The van der Waals surface area contributed by atoms with Gasteiger partial charge in [-0.05, 0) is 37.1 Å². The van der Waals surface area contributed by atoms with E-state index in [4.69, 9.17) is 9.84 Å². The Morgan fingerprint density at radius 1 is 1.32 bits per heavy atom. The number of ether oxygens (including phenoxy) is 1. The third kappa shape index (κ3) is 3.43. The summed E-state index contributed by atoms with van der Waals surface area (Å²) in [4.78, 5) is 22.4. The molecule has 0 atom stereocenters. The lowest BCUT2D eigenvalue weighted by molar-refractivity contribution is -0.143. The number of hydrogen-bond acceptors (Lipinski definition) is 3. The van der Waals surface area contributed by atoms with E-state index in [1.807, 2.05) is 0 Å². The summed E-state index contributed by atoms with van der Waals surface area (Å²) in [5.74, 6) is -1.27. The van der Waals surface area contributed by atoms with E-state index >= 15 is 0 Å². The summed E-state index contributed by atoms with van der Waals surface area (Å²) in [5, 5.41) is 11.5. The van der Waals surface area contributed by atoms with Crippen LogP contribution in [0.5, 0.6) is 5.75 Å². The Hall–Kier alpha value is -2.11. The van der Waals surface area contributed by atoms with Crippen LogP contribution in [0, 0.1) is 11.2 Å². The zero-order valence-corrected chi connectivity index (χ0v) is 10.2. The molecule has 102 valence electrons. The molecule has 0 bridgehead atoms. The van der Waals surface area contributed by atoms with Gasteiger partial charge in [0.25, 0.3) is 5.91 Å². The maximum atomic E-state index is 12.6. The van der Waals surface area contributed by atoms with E-state index in [2.05, 4.69) is 5.32 Å². The van der Waals surface area contributed by atoms with Gasteiger partial charge in [0.1, 0.15) is 11.6 Å². The lowest BCUT2D eigenvalue weighted by Crippen LogP contribution is -2.36. The molecule has 0 spiro atoms. The highest BCUT2D eigenvalue weighted by Gasteiger charge is 2.50. The zero-order chi connectivity index (χ0) is 13.9. The Kier molecular flexibility index (Phi) is 3.69. The first-order chi connectivity index (χ1) is 9.02. The highest BCUT2D eigenvalue weighted by Crippen LogP contribution is 2.45. The number of carboxylic acids is 1. The van der Waals surface area contributed by atoms with Crippen LogP contribution < -0.4 is 10.1 Å². The number of rotatable bonds is 6. The highest BCUT2D eigenvalue weighted by molar-refractivity contribution is 5.81. The summed E-state index contributed by atoms with van der Waals surface area (Å²) in [6.07, 6.45) is 1.17. The molecule has 19 heavy (non-hydrogen) atoms. The number of hydrogen-bond donors (Lipinski definition) is 2. The molecule has 2 N–H and O–H groups in total. The van der Waals surface area contributed by atoms with E-state index in [0.29, 0.717) is 18.6 Å². The van der Waals surface area contributed by atoms with Gasteiger partial charge in [-0.3, -0.25) is 9.59 Å². The van der Waals surface area contributed by atoms with Gasteiger partial charge in [-0.25, -0.2) is 4.39 Å². The number of halogens is 1. The van der Waals surface area contributed by atoms with Crippen LogP contribution in [0.2, 0.25) is 0 Å². The number of carbonyl (C=O) groups is 2. The van der Waals surface area contributed by atoms with E-state index in [1.165, 1.54) is 24.3 Å². The van der Waals surface area contributed by atoms with E-state index in [0.717, 1.165) is 0 Å². The van der Waals surface area contributed by atoms with E-state index in [-0.39, 0.29) is 19.0 Å². The van der Waals surface area contributed by atoms with Gasteiger partial charge in [0.15, 0.2) is 6.61 Å². The maximum absolute atomic E-state index is 12.6. The molecule has 0 unspecified atom stereocenters. The van der Waals surface area contributed by atoms with Gasteiger partial charge in [-0.2, -0.15) is 0 Å². The fourth-order valence-electron chi connectivity index (χ4n) is 1.62. The van der Waals surface area contributed by atoms with Crippen molar-refractivity contribution < 1.29 is 23.8 Å². The lowest BCUT2D eigenvalue weighted by Gasteiger charge is -2.11. The standard InChI is InChI=1S/C13H14FNO4/c14-9-1-3-10(4-2-9)19-7-11(16)15-8-13(5-6-13)12(17)18/h1-4H,5-8H2,(H,15,16)(H,17,18). The van der Waals surface area contributed by atoms with Crippen LogP contribution in [0.1, 0.15) is 12.8 Å². The smallest absolute Gasteiger partial charge is 0.311 e. The molecule has 1 aromatic carbocycles. The first-order valence-corrected chi connectivity index (χ1v) is 5.90. The van der Waals surface area contributed by atoms with E-state index < -0.39 is 17.3 Å². The van der Waals surface area contributed by atoms with Gasteiger partial charge in [0.05, 0.1) is 5.41 Å². The average molecular weight is 267 g/mol. The molecular weight excluding hydrogens is 253 g/mol. The van der Waals surface area contributed by atoms with Crippen molar-refractivity contribution in [2.24, 2.45) is 5.41 Å². The van der Waals surface area contributed by atoms with Gasteiger partial charge in [-0.15, -0.1) is 0 Å². The molecule has 1 amide bonds. The molecule has 1 fully saturated rings. The summed E-state index contributed by atoms with van der Waals surface area (Å²) < 4.78 is 17.8. The van der Waals surface area contributed by atoms with Gasteiger partial charge >= 0.3 is 5.97 Å². The van der Waals surface area contributed by atoms with Crippen molar-refractivity contribution in [1.82, 2.24) is 5.32 Å². The minimum atomic E-state index is -0.882. The molecule has 0 radical (unpaired) electrons. The monoisotopic (exact) mass is 267 g/mol. The van der Waals surface area contributed by atoms with Gasteiger partial charge < -0.3 is 15.2 Å². The van der Waals surface area contributed by atoms with Crippen LogP contribution in [0.25, 0.3) is 0 Å². The summed E-state index contributed by atoms with van der Waals surface area (Å²) >= 11 is 0. The summed E-state index contributed by atoms with van der Waals surface area (Å²) in [6.45, 7) is -0.102. The van der Waals surface area contributed by atoms with E-state index in [1.54, 1.807) is 0 Å². The second kappa shape index (κ2) is 5.26. The molecule has 0 aromatic heterocycles. The molecule has 1 aliphatic rings. The summed E-state index contributed by atoms with van der Waals surface area (Å²) in [7, 11) is 0. The predicted molar refractivity (Wildman–Crippen MR) is 64.2 cm³/mol. The topological polar surface area (TPSA) is 75.6 Å². The number of carbonyl (C=O) groups excluding carboxylic acids is 1. The fraction of sp³-hybridized carbons (Fsp3) is 0.385. The lowest BCUT2D eigenvalue weighted by atomic mass is 10.1. The first kappa shape index (κ1) is 13.3. The van der Waals surface area contributed by atoms with Crippen LogP contribution >= 0.6 is 0 Å². The number of carboxylic acid groups (broad SMARTS) is 1. The third-order valence-corrected chi connectivity index (χ3v) is 3.11. The Bertz CT molecular complexity index is 482. The normalized spacial score (nSPS) is 15.6. The van der Waals surface area contributed by atoms with Gasteiger partial charge in [0, 0.05) is 6.54 Å². The van der Waals surface area contributed by atoms with Crippen molar-refractivity contribution in [3.05, 3.63) is 30.1 Å². The second-order valence-corrected chi connectivity index (χ2v) is 4.60. The molecule has 0 aliphatic heterocycles. The number of benzene rings is 1. The van der Waals surface area contributed by atoms with Gasteiger partial charge in [0.2, 0.25) is 0 Å². The molecule has 0 saturated heterocycles. The van der Waals surface area contributed by atoms with Crippen molar-refractivity contribution in [3.8, 4) is 5.75 Å². The van der Waals surface area contributed by atoms with Crippen molar-refractivity contribution in [2.45, 2.75) is 12.8 Å². The minimum absolute atomic E-state index is 0.119. The quantitative estimate of drug-likeness (QED) is 0.811. The third-order valence-electron chi connectivity index (χ3n) is 3.11.